The number of nitrogens with zero attached hydrogens (tertiary/aromatic N) is 1. The molecule has 2 N–H and O–H groups in total. The Kier molecular flexibility index (Phi) is 2.14. The molecule has 2 rings (SSSR count). The van der Waals surface area contributed by atoms with Gasteiger partial charge in [0.25, 0.3) is 0 Å². The van der Waals surface area contributed by atoms with E-state index in [1.807, 2.05) is 11.4 Å². The second kappa shape index (κ2) is 3.32. The highest BCUT2D eigenvalue weighted by Crippen LogP contribution is 2.32. The lowest BCUT2D eigenvalue weighted by atomic mass is 10.0. The number of fused-ring (bicyclic) bond motifs is 1. The number of nitrogens with two attached hydrogens (primary N) is 1. The molecule has 0 amide bonds. The van der Waals surface area contributed by atoms with E-state index in [0.29, 0.717) is 11.3 Å². The van der Waals surface area contributed by atoms with Crippen molar-refractivity contribution >= 4 is 27.1 Å². The van der Waals surface area contributed by atoms with Gasteiger partial charge < -0.3 is 5.73 Å². The molecule has 70 valence electrons. The fraction of sp³-hybridized carbons (Fsp3) is 0.182. The lowest BCUT2D eigenvalue weighted by Gasteiger charge is -2.04. The van der Waals surface area contributed by atoms with Gasteiger partial charge in [0, 0.05) is 0 Å². The Labute approximate surface area is 86.6 Å². The number of rotatable bonds is 1. The largest absolute Gasteiger partial charge is 0.398 e. The molecule has 1 aromatic carbocycles. The van der Waals surface area contributed by atoms with Gasteiger partial charge in [0.2, 0.25) is 0 Å². The summed E-state index contributed by atoms with van der Waals surface area (Å²) in [7, 11) is 0. The van der Waals surface area contributed by atoms with Gasteiger partial charge in [0.1, 0.15) is 0 Å². The summed E-state index contributed by atoms with van der Waals surface area (Å²) in [6.45, 7) is 2.06. The van der Waals surface area contributed by atoms with Crippen LogP contribution in [0.5, 0.6) is 0 Å². The maximum Gasteiger partial charge on any atom is 0.0995 e. The Morgan fingerprint density at radius 3 is 3.00 bits per heavy atom. The minimum absolute atomic E-state index is 0.705. The van der Waals surface area contributed by atoms with Crippen LogP contribution in [0, 0.1) is 11.3 Å². The highest BCUT2D eigenvalue weighted by Gasteiger charge is 2.09. The highest BCUT2D eigenvalue weighted by molar-refractivity contribution is 7.17. The van der Waals surface area contributed by atoms with Gasteiger partial charge in [-0.25, -0.2) is 0 Å². The second-order valence-electron chi connectivity index (χ2n) is 3.12. The average molecular weight is 202 g/mol. The number of hydrogen-bond donors (Lipinski definition) is 1. The zero-order valence-corrected chi connectivity index (χ0v) is 8.69. The van der Waals surface area contributed by atoms with Gasteiger partial charge in [-0.05, 0) is 34.9 Å². The number of nitriles is 1. The molecular weight excluding hydrogens is 192 g/mol. The number of benzene rings is 1. The molecule has 0 aliphatic rings. The molecule has 0 bridgehead atoms. The van der Waals surface area contributed by atoms with Crippen LogP contribution in [0.4, 0.5) is 5.69 Å². The molecule has 1 aromatic heterocycles. The van der Waals surface area contributed by atoms with Gasteiger partial charge in [0.15, 0.2) is 0 Å². The van der Waals surface area contributed by atoms with Crippen molar-refractivity contribution in [2.45, 2.75) is 13.3 Å². The minimum Gasteiger partial charge on any atom is -0.398 e. The lowest BCUT2D eigenvalue weighted by Crippen LogP contribution is -1.93. The number of aryl methyl sites for hydroxylation is 1. The number of nitrogen functional groups attached to an aromatic ring is 1. The SMILES string of the molecule is CCc1c(C#N)cc(N)c2sccc12. The summed E-state index contributed by atoms with van der Waals surface area (Å²) in [6.07, 6.45) is 0.871. The van der Waals surface area contributed by atoms with E-state index in [4.69, 9.17) is 11.0 Å². The molecule has 0 saturated carbocycles. The molecular formula is C11H10N2S. The average Bonchev–Trinajstić information content (AvgIpc) is 2.66. The maximum atomic E-state index is 8.97. The fourth-order valence-electron chi connectivity index (χ4n) is 1.70. The first-order valence-electron chi connectivity index (χ1n) is 4.46. The summed E-state index contributed by atoms with van der Waals surface area (Å²) in [6, 6.07) is 6.01. The van der Waals surface area contributed by atoms with Gasteiger partial charge in [0.05, 0.1) is 22.0 Å². The summed E-state index contributed by atoms with van der Waals surface area (Å²) in [5, 5.41) is 12.1. The molecule has 0 unspecified atom stereocenters. The molecule has 14 heavy (non-hydrogen) atoms. The maximum absolute atomic E-state index is 8.97. The monoisotopic (exact) mass is 202 g/mol. The predicted molar refractivity (Wildman–Crippen MR) is 60.3 cm³/mol. The lowest BCUT2D eigenvalue weighted by molar-refractivity contribution is 1.15. The molecule has 0 atom stereocenters. The standard InChI is InChI=1S/C11H10N2S/c1-2-8-7(6-12)5-10(13)11-9(8)3-4-14-11/h3-5H,2,13H2,1H3. The first-order chi connectivity index (χ1) is 6.77. The Morgan fingerprint density at radius 2 is 2.36 bits per heavy atom. The molecule has 2 nitrogen and oxygen atoms in total. The van der Waals surface area contributed by atoms with Crippen molar-refractivity contribution in [2.24, 2.45) is 0 Å². The van der Waals surface area contributed by atoms with Crippen molar-refractivity contribution in [3.05, 3.63) is 28.6 Å². The Bertz CT molecular complexity index is 520. The zero-order chi connectivity index (χ0) is 10.1. The molecule has 0 aliphatic carbocycles. The van der Waals surface area contributed by atoms with Crippen molar-refractivity contribution in [1.82, 2.24) is 0 Å². The molecule has 0 aliphatic heterocycles. The normalized spacial score (nSPS) is 10.3. The van der Waals surface area contributed by atoms with E-state index in [-0.39, 0.29) is 0 Å². The van der Waals surface area contributed by atoms with Crippen LogP contribution in [0.1, 0.15) is 18.1 Å². The van der Waals surface area contributed by atoms with Crippen molar-refractivity contribution in [3.8, 4) is 6.07 Å². The van der Waals surface area contributed by atoms with Crippen LogP contribution in [0.25, 0.3) is 10.1 Å². The Hall–Kier alpha value is -1.53. The molecule has 0 fully saturated rings. The van der Waals surface area contributed by atoms with Crippen molar-refractivity contribution in [1.29, 1.82) is 5.26 Å². The fourth-order valence-corrected chi connectivity index (χ4v) is 2.56. The predicted octanol–water partition coefficient (Wildman–Crippen LogP) is 2.92. The van der Waals surface area contributed by atoms with E-state index in [1.54, 1.807) is 17.4 Å². The van der Waals surface area contributed by atoms with Crippen LogP contribution in [0.3, 0.4) is 0 Å². The first-order valence-corrected chi connectivity index (χ1v) is 5.34. The van der Waals surface area contributed by atoms with Crippen molar-refractivity contribution in [3.63, 3.8) is 0 Å². The van der Waals surface area contributed by atoms with Gasteiger partial charge in [-0.15, -0.1) is 11.3 Å². The van der Waals surface area contributed by atoms with Crippen molar-refractivity contribution in [2.75, 3.05) is 5.73 Å². The molecule has 0 spiro atoms. The summed E-state index contributed by atoms with van der Waals surface area (Å²) >= 11 is 1.63. The zero-order valence-electron chi connectivity index (χ0n) is 7.87. The third-order valence-electron chi connectivity index (χ3n) is 2.35. The first kappa shape index (κ1) is 9.04. The molecule has 1 heterocycles. The Balaban J connectivity index is 2.90. The van der Waals surface area contributed by atoms with Crippen LogP contribution in [0.2, 0.25) is 0 Å². The number of anilines is 1. The highest BCUT2D eigenvalue weighted by atomic mass is 32.1. The molecule has 2 aromatic rings. The molecule has 0 saturated heterocycles. The smallest absolute Gasteiger partial charge is 0.0995 e. The molecule has 3 heteroatoms. The van der Waals surface area contributed by atoms with E-state index in [0.717, 1.165) is 22.1 Å². The number of hydrogen-bond acceptors (Lipinski definition) is 3. The third-order valence-corrected chi connectivity index (χ3v) is 3.31. The van der Waals surface area contributed by atoms with Gasteiger partial charge in [-0.2, -0.15) is 5.26 Å². The quantitative estimate of drug-likeness (QED) is 0.723. The van der Waals surface area contributed by atoms with E-state index in [2.05, 4.69) is 13.0 Å². The summed E-state index contributed by atoms with van der Waals surface area (Å²) in [5.74, 6) is 0. The van der Waals surface area contributed by atoms with Crippen LogP contribution < -0.4 is 5.73 Å². The second-order valence-corrected chi connectivity index (χ2v) is 4.04. The van der Waals surface area contributed by atoms with Crippen molar-refractivity contribution < 1.29 is 0 Å². The molecule has 0 radical (unpaired) electrons. The topological polar surface area (TPSA) is 49.8 Å². The summed E-state index contributed by atoms with van der Waals surface area (Å²) in [4.78, 5) is 0. The van der Waals surface area contributed by atoms with E-state index in [9.17, 15) is 0 Å². The van der Waals surface area contributed by atoms with Crippen LogP contribution in [0.15, 0.2) is 17.5 Å². The van der Waals surface area contributed by atoms with E-state index in [1.165, 1.54) is 0 Å². The summed E-state index contributed by atoms with van der Waals surface area (Å²) in [5.41, 5.74) is 8.39. The minimum atomic E-state index is 0.705. The van der Waals surface area contributed by atoms with E-state index < -0.39 is 0 Å². The Morgan fingerprint density at radius 1 is 1.57 bits per heavy atom. The third kappa shape index (κ3) is 1.16. The number of thiophene rings is 1. The van der Waals surface area contributed by atoms with Crippen LogP contribution in [-0.4, -0.2) is 0 Å². The van der Waals surface area contributed by atoms with Crippen LogP contribution in [-0.2, 0) is 6.42 Å². The van der Waals surface area contributed by atoms with Gasteiger partial charge in [-0.1, -0.05) is 6.92 Å². The van der Waals surface area contributed by atoms with Gasteiger partial charge >= 0.3 is 0 Å². The van der Waals surface area contributed by atoms with Crippen LogP contribution >= 0.6 is 11.3 Å². The summed E-state index contributed by atoms with van der Waals surface area (Å²) < 4.78 is 1.10. The van der Waals surface area contributed by atoms with Gasteiger partial charge in [-0.3, -0.25) is 0 Å². The van der Waals surface area contributed by atoms with E-state index >= 15 is 0 Å².